The average Bonchev–Trinajstić information content (AvgIpc) is 2.96. The molecule has 1 fully saturated rings. The predicted molar refractivity (Wildman–Crippen MR) is 80.6 cm³/mol. The molecule has 2 aliphatic carbocycles. The summed E-state index contributed by atoms with van der Waals surface area (Å²) in [5.41, 5.74) is 3.18. The molecule has 1 aliphatic heterocycles. The molecule has 1 saturated carbocycles. The first-order valence-corrected chi connectivity index (χ1v) is 8.04. The molecule has 0 spiro atoms. The van der Waals surface area contributed by atoms with Crippen LogP contribution in [0.5, 0.6) is 0 Å². The van der Waals surface area contributed by atoms with Gasteiger partial charge in [-0.05, 0) is 54.3 Å². The van der Waals surface area contributed by atoms with E-state index in [1.807, 2.05) is 0 Å². The maximum Gasteiger partial charge on any atom is 0.109 e. The fourth-order valence-electron chi connectivity index (χ4n) is 4.37. The van der Waals surface area contributed by atoms with Crippen molar-refractivity contribution in [2.75, 3.05) is 13.2 Å². The molecule has 106 valence electrons. The van der Waals surface area contributed by atoms with Gasteiger partial charge < -0.3 is 10.1 Å². The number of hydrogen-bond acceptors (Lipinski definition) is 2. The van der Waals surface area contributed by atoms with Crippen LogP contribution < -0.4 is 5.32 Å². The minimum Gasteiger partial charge on any atom is -0.496 e. The van der Waals surface area contributed by atoms with Crippen LogP contribution in [0.1, 0.15) is 36.8 Å². The molecule has 0 radical (unpaired) electrons. The summed E-state index contributed by atoms with van der Waals surface area (Å²) in [4.78, 5) is 0. The Hall–Kier alpha value is -1.28. The number of nitrogens with one attached hydrogen (secondary N) is 1. The second kappa shape index (κ2) is 4.92. The summed E-state index contributed by atoms with van der Waals surface area (Å²) in [7, 11) is 0. The van der Waals surface area contributed by atoms with E-state index in [0.29, 0.717) is 6.04 Å². The van der Waals surface area contributed by atoms with Gasteiger partial charge in [0.1, 0.15) is 5.76 Å². The quantitative estimate of drug-likeness (QED) is 0.906. The fourth-order valence-corrected chi connectivity index (χ4v) is 4.37. The van der Waals surface area contributed by atoms with Gasteiger partial charge in [-0.3, -0.25) is 0 Å². The van der Waals surface area contributed by atoms with Crippen molar-refractivity contribution in [3.63, 3.8) is 0 Å². The third-order valence-corrected chi connectivity index (χ3v) is 5.24. The van der Waals surface area contributed by atoms with E-state index in [0.717, 1.165) is 37.3 Å². The van der Waals surface area contributed by atoms with E-state index in [2.05, 4.69) is 42.6 Å². The Labute approximate surface area is 121 Å². The predicted octanol–water partition coefficient (Wildman–Crippen LogP) is 3.24. The topological polar surface area (TPSA) is 21.3 Å². The van der Waals surface area contributed by atoms with Gasteiger partial charge in [0.25, 0.3) is 0 Å². The van der Waals surface area contributed by atoms with E-state index in [-0.39, 0.29) is 0 Å². The van der Waals surface area contributed by atoms with E-state index in [1.165, 1.54) is 18.6 Å². The van der Waals surface area contributed by atoms with Crippen molar-refractivity contribution in [1.82, 2.24) is 5.32 Å². The summed E-state index contributed by atoms with van der Waals surface area (Å²) >= 11 is 0. The third kappa shape index (κ3) is 1.89. The first-order valence-electron chi connectivity index (χ1n) is 8.04. The lowest BCUT2D eigenvalue weighted by molar-refractivity contribution is 0.206. The number of benzene rings is 1. The molecule has 3 aliphatic rings. The summed E-state index contributed by atoms with van der Waals surface area (Å²) in [6.07, 6.45) is 5.98. The van der Waals surface area contributed by atoms with Crippen molar-refractivity contribution in [1.29, 1.82) is 0 Å². The summed E-state index contributed by atoms with van der Waals surface area (Å²) in [6, 6.07) is 9.47. The zero-order valence-corrected chi connectivity index (χ0v) is 12.1. The molecule has 1 aromatic rings. The first-order chi connectivity index (χ1) is 9.90. The molecule has 1 aromatic carbocycles. The monoisotopic (exact) mass is 269 g/mol. The smallest absolute Gasteiger partial charge is 0.109 e. The number of fused-ring (bicyclic) bond motifs is 3. The van der Waals surface area contributed by atoms with Crippen molar-refractivity contribution < 1.29 is 4.74 Å². The molecule has 1 N–H and O–H groups in total. The Kier molecular flexibility index (Phi) is 3.07. The number of aryl methyl sites for hydroxylation is 1. The standard InChI is InChI=1S/C18H23NO/c1-2-19-18(15-8-5-11-20-15)17-14-10-9-12-6-3-4-7-13(12)16(14)17/h3-4,6-8,14,16-19H,2,5,9-11H2,1H3. The number of likely N-dealkylation sites (N-methyl/N-ethyl adjacent to an activating group) is 1. The van der Waals surface area contributed by atoms with Gasteiger partial charge in [0, 0.05) is 6.42 Å². The molecule has 4 rings (SSSR count). The lowest BCUT2D eigenvalue weighted by Gasteiger charge is -2.19. The number of hydrogen-bond donors (Lipinski definition) is 1. The molecule has 2 heteroatoms. The van der Waals surface area contributed by atoms with E-state index < -0.39 is 0 Å². The number of rotatable bonds is 4. The van der Waals surface area contributed by atoms with Crippen molar-refractivity contribution in [3.8, 4) is 0 Å². The van der Waals surface area contributed by atoms with Crippen LogP contribution in [0.4, 0.5) is 0 Å². The summed E-state index contributed by atoms with van der Waals surface area (Å²) in [5.74, 6) is 3.57. The summed E-state index contributed by atoms with van der Waals surface area (Å²) in [5, 5.41) is 3.68. The lowest BCUT2D eigenvalue weighted by Crippen LogP contribution is -2.34. The molecule has 2 nitrogen and oxygen atoms in total. The first kappa shape index (κ1) is 12.5. The molecule has 0 bridgehead atoms. The highest BCUT2D eigenvalue weighted by molar-refractivity contribution is 5.41. The zero-order valence-electron chi connectivity index (χ0n) is 12.1. The fraction of sp³-hybridized carbons (Fsp3) is 0.556. The van der Waals surface area contributed by atoms with Crippen LogP contribution in [0, 0.1) is 11.8 Å². The molecular weight excluding hydrogens is 246 g/mol. The molecular formula is C18H23NO. The van der Waals surface area contributed by atoms with Gasteiger partial charge in [-0.2, -0.15) is 0 Å². The minimum atomic E-state index is 0.434. The van der Waals surface area contributed by atoms with E-state index in [1.54, 1.807) is 11.1 Å². The van der Waals surface area contributed by atoms with Gasteiger partial charge in [0.05, 0.1) is 12.6 Å². The van der Waals surface area contributed by atoms with Crippen molar-refractivity contribution in [2.24, 2.45) is 11.8 Å². The SMILES string of the molecule is CCNC(C1=CCCO1)C1C2CCc3ccccc3C21. The average molecular weight is 269 g/mol. The van der Waals surface area contributed by atoms with Gasteiger partial charge in [-0.1, -0.05) is 31.2 Å². The van der Waals surface area contributed by atoms with Crippen LogP contribution in [-0.4, -0.2) is 19.2 Å². The third-order valence-electron chi connectivity index (χ3n) is 5.24. The molecule has 20 heavy (non-hydrogen) atoms. The van der Waals surface area contributed by atoms with Gasteiger partial charge >= 0.3 is 0 Å². The molecule has 1 heterocycles. The molecule has 0 amide bonds. The van der Waals surface area contributed by atoms with Crippen LogP contribution in [0.3, 0.4) is 0 Å². The Bertz CT molecular complexity index is 536. The second-order valence-corrected chi connectivity index (χ2v) is 6.28. The van der Waals surface area contributed by atoms with E-state index in [4.69, 9.17) is 4.74 Å². The van der Waals surface area contributed by atoms with E-state index >= 15 is 0 Å². The Balaban J connectivity index is 1.61. The Morgan fingerprint density at radius 3 is 3.05 bits per heavy atom. The lowest BCUT2D eigenvalue weighted by atomic mass is 9.92. The zero-order chi connectivity index (χ0) is 13.5. The van der Waals surface area contributed by atoms with E-state index in [9.17, 15) is 0 Å². The maximum absolute atomic E-state index is 5.86. The molecule has 4 atom stereocenters. The van der Waals surface area contributed by atoms with Crippen LogP contribution in [0.25, 0.3) is 0 Å². The normalized spacial score (nSPS) is 31.9. The van der Waals surface area contributed by atoms with Gasteiger partial charge in [0.15, 0.2) is 0 Å². The van der Waals surface area contributed by atoms with Crippen molar-refractivity contribution in [2.45, 2.75) is 38.1 Å². The largest absolute Gasteiger partial charge is 0.496 e. The van der Waals surface area contributed by atoms with Gasteiger partial charge in [-0.25, -0.2) is 0 Å². The molecule has 0 saturated heterocycles. The minimum absolute atomic E-state index is 0.434. The van der Waals surface area contributed by atoms with Crippen LogP contribution in [0.2, 0.25) is 0 Å². The summed E-state index contributed by atoms with van der Waals surface area (Å²) < 4.78 is 5.86. The molecule has 0 aromatic heterocycles. The van der Waals surface area contributed by atoms with Crippen molar-refractivity contribution in [3.05, 3.63) is 47.2 Å². The maximum atomic E-state index is 5.86. The highest BCUT2D eigenvalue weighted by atomic mass is 16.5. The van der Waals surface area contributed by atoms with Crippen LogP contribution in [-0.2, 0) is 11.2 Å². The van der Waals surface area contributed by atoms with Crippen LogP contribution in [0.15, 0.2) is 36.1 Å². The Morgan fingerprint density at radius 2 is 2.25 bits per heavy atom. The summed E-state index contributed by atoms with van der Waals surface area (Å²) in [6.45, 7) is 4.08. The highest BCUT2D eigenvalue weighted by Crippen LogP contribution is 2.62. The molecule has 4 unspecified atom stereocenters. The number of ether oxygens (including phenoxy) is 1. The second-order valence-electron chi connectivity index (χ2n) is 6.28. The van der Waals surface area contributed by atoms with Crippen LogP contribution >= 0.6 is 0 Å². The van der Waals surface area contributed by atoms with Gasteiger partial charge in [0.2, 0.25) is 0 Å². The van der Waals surface area contributed by atoms with Crippen molar-refractivity contribution >= 4 is 0 Å². The highest BCUT2D eigenvalue weighted by Gasteiger charge is 2.57. The Morgan fingerprint density at radius 1 is 1.35 bits per heavy atom. The van der Waals surface area contributed by atoms with Gasteiger partial charge in [-0.15, -0.1) is 0 Å².